The van der Waals surface area contributed by atoms with Gasteiger partial charge < -0.3 is 9.84 Å². The van der Waals surface area contributed by atoms with E-state index in [1.807, 2.05) is 6.07 Å². The minimum absolute atomic E-state index is 0.286. The minimum Gasteiger partial charge on any atom is -0.497 e. The highest BCUT2D eigenvalue weighted by molar-refractivity contribution is 6.02. The van der Waals surface area contributed by atoms with Crippen LogP contribution in [0, 0.1) is 0 Å². The fourth-order valence-corrected chi connectivity index (χ4v) is 3.27. The number of nitrogens with one attached hydrogen (secondary N) is 1. The highest BCUT2D eigenvalue weighted by Gasteiger charge is 2.16. The Morgan fingerprint density at radius 3 is 2.29 bits per heavy atom. The van der Waals surface area contributed by atoms with Crippen LogP contribution in [-0.4, -0.2) is 28.9 Å². The molecular weight excluding hydrogens is 394 g/mol. The van der Waals surface area contributed by atoms with E-state index in [2.05, 4.69) is 10.5 Å². The summed E-state index contributed by atoms with van der Waals surface area (Å²) in [5, 5.41) is 15.9. The molecule has 1 aromatic heterocycles. The number of hydrogen-bond acceptors (Lipinski definition) is 5. The van der Waals surface area contributed by atoms with E-state index in [1.54, 1.807) is 79.9 Å². The first-order valence-corrected chi connectivity index (χ1v) is 9.49. The second-order valence-corrected chi connectivity index (χ2v) is 6.69. The molecule has 4 aromatic rings. The van der Waals surface area contributed by atoms with E-state index >= 15 is 0 Å². The van der Waals surface area contributed by atoms with Gasteiger partial charge in [-0.3, -0.25) is 9.59 Å². The van der Waals surface area contributed by atoms with E-state index in [4.69, 9.17) is 4.74 Å². The Labute approximate surface area is 177 Å². The number of benzene rings is 3. The van der Waals surface area contributed by atoms with E-state index in [-0.39, 0.29) is 17.3 Å². The third-order valence-electron chi connectivity index (χ3n) is 4.83. The molecule has 0 aliphatic heterocycles. The fraction of sp³-hybridized carbons (Fsp3) is 0.0417. The average Bonchev–Trinajstić information content (AvgIpc) is 2.82. The van der Waals surface area contributed by atoms with Gasteiger partial charge in [0.15, 0.2) is 0 Å². The molecule has 0 bridgehead atoms. The van der Waals surface area contributed by atoms with Crippen molar-refractivity contribution in [3.8, 4) is 17.3 Å². The van der Waals surface area contributed by atoms with Crippen molar-refractivity contribution in [2.24, 2.45) is 5.10 Å². The lowest BCUT2D eigenvalue weighted by molar-refractivity contribution is 0.0955. The van der Waals surface area contributed by atoms with Gasteiger partial charge in [-0.1, -0.05) is 36.4 Å². The Hall–Kier alpha value is -4.39. The monoisotopic (exact) mass is 413 g/mol. The first-order valence-electron chi connectivity index (χ1n) is 9.49. The zero-order chi connectivity index (χ0) is 21.8. The Morgan fingerprint density at radius 1 is 0.968 bits per heavy atom. The van der Waals surface area contributed by atoms with E-state index in [0.29, 0.717) is 33.3 Å². The molecule has 0 saturated heterocycles. The van der Waals surface area contributed by atoms with Crippen molar-refractivity contribution < 1.29 is 14.6 Å². The third-order valence-corrected chi connectivity index (χ3v) is 4.83. The number of hydrazone groups is 1. The lowest BCUT2D eigenvalue weighted by Crippen LogP contribution is -2.21. The smallest absolute Gasteiger partial charge is 0.271 e. The minimum atomic E-state index is -0.385. The third kappa shape index (κ3) is 3.89. The number of nitrogens with zero attached hydrogens (tertiary/aromatic N) is 2. The Morgan fingerprint density at radius 2 is 1.61 bits per heavy atom. The molecule has 0 radical (unpaired) electrons. The van der Waals surface area contributed by atoms with Crippen LogP contribution in [0.15, 0.2) is 88.8 Å². The molecule has 0 atom stereocenters. The molecule has 0 saturated carbocycles. The van der Waals surface area contributed by atoms with Gasteiger partial charge in [0, 0.05) is 16.3 Å². The van der Waals surface area contributed by atoms with Crippen LogP contribution in [-0.2, 0) is 0 Å². The summed E-state index contributed by atoms with van der Waals surface area (Å²) in [7, 11) is 1.55. The summed E-state index contributed by atoms with van der Waals surface area (Å²) in [6.07, 6.45) is 1.33. The average molecular weight is 413 g/mol. The highest BCUT2D eigenvalue weighted by Crippen LogP contribution is 2.26. The first-order chi connectivity index (χ1) is 15.1. The largest absolute Gasteiger partial charge is 0.497 e. The SMILES string of the molecule is COc1ccc(-n2c(O)c(C=NNC(=O)c3ccccc3)c3ccccc3c2=O)cc1. The van der Waals surface area contributed by atoms with Crippen LogP contribution >= 0.6 is 0 Å². The molecule has 0 spiro atoms. The number of ether oxygens (including phenoxy) is 1. The fourth-order valence-electron chi connectivity index (χ4n) is 3.27. The topological polar surface area (TPSA) is 92.9 Å². The summed E-state index contributed by atoms with van der Waals surface area (Å²) in [5.41, 5.74) is 3.30. The molecule has 4 rings (SSSR count). The number of rotatable bonds is 5. The first kappa shape index (κ1) is 19.9. The maximum Gasteiger partial charge on any atom is 0.271 e. The second kappa shape index (κ2) is 8.54. The summed E-state index contributed by atoms with van der Waals surface area (Å²) >= 11 is 0. The number of aromatic nitrogens is 1. The van der Waals surface area contributed by atoms with Crippen LogP contribution in [0.3, 0.4) is 0 Å². The van der Waals surface area contributed by atoms with Crippen molar-refractivity contribution in [3.63, 3.8) is 0 Å². The lowest BCUT2D eigenvalue weighted by atomic mass is 10.1. The van der Waals surface area contributed by atoms with Crippen molar-refractivity contribution in [1.29, 1.82) is 0 Å². The molecule has 0 aliphatic rings. The van der Waals surface area contributed by atoms with Crippen LogP contribution in [0.25, 0.3) is 16.5 Å². The number of pyridine rings is 1. The van der Waals surface area contributed by atoms with Gasteiger partial charge >= 0.3 is 0 Å². The van der Waals surface area contributed by atoms with Crippen LogP contribution in [0.5, 0.6) is 11.6 Å². The van der Waals surface area contributed by atoms with Crippen molar-refractivity contribution in [2.45, 2.75) is 0 Å². The number of fused-ring (bicyclic) bond motifs is 1. The summed E-state index contributed by atoms with van der Waals surface area (Å²) in [6, 6.07) is 22.3. The van der Waals surface area contributed by atoms with Gasteiger partial charge in [0.2, 0.25) is 5.88 Å². The Balaban J connectivity index is 1.79. The number of carbonyl (C=O) groups excluding carboxylic acids is 1. The second-order valence-electron chi connectivity index (χ2n) is 6.69. The quantitative estimate of drug-likeness (QED) is 0.387. The standard InChI is InChI=1S/C24H19N3O4/c1-31-18-13-11-17(12-14-18)27-23(29)20-10-6-5-9-19(20)21(24(27)30)15-25-26-22(28)16-7-3-2-4-8-16/h2-15,30H,1H3,(H,26,28). The molecular formula is C24H19N3O4. The molecule has 31 heavy (non-hydrogen) atoms. The predicted octanol–water partition coefficient (Wildman–Crippen LogP) is 3.47. The lowest BCUT2D eigenvalue weighted by Gasteiger charge is -2.14. The maximum atomic E-state index is 13.1. The summed E-state index contributed by atoms with van der Waals surface area (Å²) in [5.74, 6) is -0.0433. The van der Waals surface area contributed by atoms with E-state index in [1.165, 1.54) is 10.8 Å². The van der Waals surface area contributed by atoms with E-state index in [0.717, 1.165) is 0 Å². The maximum absolute atomic E-state index is 13.1. The molecule has 3 aromatic carbocycles. The van der Waals surface area contributed by atoms with Gasteiger partial charge in [-0.25, -0.2) is 9.99 Å². The number of aromatic hydroxyl groups is 1. The van der Waals surface area contributed by atoms with Gasteiger partial charge in [-0.15, -0.1) is 0 Å². The Kier molecular flexibility index (Phi) is 5.49. The van der Waals surface area contributed by atoms with Gasteiger partial charge in [-0.05, 0) is 42.5 Å². The van der Waals surface area contributed by atoms with Gasteiger partial charge in [0.25, 0.3) is 11.5 Å². The molecule has 1 heterocycles. The van der Waals surface area contributed by atoms with Crippen LogP contribution < -0.4 is 15.7 Å². The molecule has 0 fully saturated rings. The normalized spacial score (nSPS) is 11.0. The van der Waals surface area contributed by atoms with Gasteiger partial charge in [0.1, 0.15) is 5.75 Å². The molecule has 0 aliphatic carbocycles. The van der Waals surface area contributed by atoms with Crippen molar-refractivity contribution in [3.05, 3.63) is 100 Å². The number of hydrogen-bond donors (Lipinski definition) is 2. The van der Waals surface area contributed by atoms with Crippen molar-refractivity contribution in [1.82, 2.24) is 9.99 Å². The summed E-state index contributed by atoms with van der Waals surface area (Å²) in [6.45, 7) is 0. The highest BCUT2D eigenvalue weighted by atomic mass is 16.5. The Bertz CT molecular complexity index is 1330. The molecule has 7 nitrogen and oxygen atoms in total. The molecule has 7 heteroatoms. The number of methoxy groups -OCH3 is 1. The molecule has 154 valence electrons. The zero-order valence-electron chi connectivity index (χ0n) is 16.6. The van der Waals surface area contributed by atoms with E-state index < -0.39 is 0 Å². The van der Waals surface area contributed by atoms with Crippen LogP contribution in [0.4, 0.5) is 0 Å². The molecule has 1 amide bonds. The molecule has 2 N–H and O–H groups in total. The van der Waals surface area contributed by atoms with Gasteiger partial charge in [0.05, 0.1) is 24.6 Å². The van der Waals surface area contributed by atoms with Crippen LogP contribution in [0.1, 0.15) is 15.9 Å². The van der Waals surface area contributed by atoms with Gasteiger partial charge in [-0.2, -0.15) is 5.10 Å². The van der Waals surface area contributed by atoms with Crippen molar-refractivity contribution in [2.75, 3.05) is 7.11 Å². The zero-order valence-corrected chi connectivity index (χ0v) is 16.6. The number of carbonyl (C=O) groups is 1. The van der Waals surface area contributed by atoms with Crippen molar-refractivity contribution >= 4 is 22.9 Å². The summed E-state index contributed by atoms with van der Waals surface area (Å²) < 4.78 is 6.36. The van der Waals surface area contributed by atoms with E-state index in [9.17, 15) is 14.7 Å². The number of amides is 1. The molecule has 0 unspecified atom stereocenters. The van der Waals surface area contributed by atoms with Crippen LogP contribution in [0.2, 0.25) is 0 Å². The summed E-state index contributed by atoms with van der Waals surface area (Å²) in [4.78, 5) is 25.3. The predicted molar refractivity (Wildman–Crippen MR) is 119 cm³/mol.